The van der Waals surface area contributed by atoms with Crippen LogP contribution in [0.25, 0.3) is 10.2 Å². The number of carbonyl (C=O) groups is 1. The van der Waals surface area contributed by atoms with Gasteiger partial charge in [0.05, 0.1) is 10.3 Å². The van der Waals surface area contributed by atoms with Crippen molar-refractivity contribution in [1.29, 1.82) is 0 Å². The first-order valence-corrected chi connectivity index (χ1v) is 13.4. The Morgan fingerprint density at radius 3 is 2.65 bits per heavy atom. The molecule has 3 aromatic heterocycles. The molecular formula is C26H31N5O2S. The second kappa shape index (κ2) is 8.80. The minimum atomic E-state index is 0.0719. The fourth-order valence-electron chi connectivity index (χ4n) is 6.16. The van der Waals surface area contributed by atoms with Gasteiger partial charge < -0.3 is 14.4 Å². The number of rotatable bonds is 2. The summed E-state index contributed by atoms with van der Waals surface area (Å²) in [7, 11) is 0. The van der Waals surface area contributed by atoms with Gasteiger partial charge in [0.1, 0.15) is 17.0 Å². The number of pyridine rings is 1. The van der Waals surface area contributed by atoms with Crippen molar-refractivity contribution in [2.45, 2.75) is 57.9 Å². The lowest BCUT2D eigenvalue weighted by atomic mass is 9.83. The number of carbonyl (C=O) groups excluding carboxylic acids is 1. The Bertz CT molecular complexity index is 1290. The molecule has 0 spiro atoms. The van der Waals surface area contributed by atoms with Gasteiger partial charge >= 0.3 is 0 Å². The van der Waals surface area contributed by atoms with Crippen LogP contribution in [0.15, 0.2) is 29.3 Å². The highest BCUT2D eigenvalue weighted by Crippen LogP contribution is 2.39. The van der Waals surface area contributed by atoms with Gasteiger partial charge in [-0.15, -0.1) is 11.3 Å². The van der Waals surface area contributed by atoms with E-state index in [1.54, 1.807) is 12.4 Å². The van der Waals surface area contributed by atoms with E-state index in [0.29, 0.717) is 25.6 Å². The second-order valence-corrected chi connectivity index (χ2v) is 11.1. The predicted molar refractivity (Wildman–Crippen MR) is 135 cm³/mol. The second-order valence-electron chi connectivity index (χ2n) is 10.1. The van der Waals surface area contributed by atoms with Gasteiger partial charge in [-0.2, -0.15) is 0 Å². The molecular weight excluding hydrogens is 446 g/mol. The Kier molecular flexibility index (Phi) is 5.63. The number of nitrogens with zero attached hydrogens (tertiary/aromatic N) is 5. The molecule has 7 nitrogen and oxygen atoms in total. The number of likely N-dealkylation sites (tertiary alicyclic amines) is 1. The molecule has 1 amide bonds. The summed E-state index contributed by atoms with van der Waals surface area (Å²) >= 11 is 1.51. The number of fused-ring (bicyclic) bond motifs is 5. The zero-order valence-corrected chi connectivity index (χ0v) is 20.5. The van der Waals surface area contributed by atoms with Crippen LogP contribution in [0.3, 0.4) is 0 Å². The maximum Gasteiger partial charge on any atom is 0.264 e. The smallest absolute Gasteiger partial charge is 0.264 e. The molecule has 34 heavy (non-hydrogen) atoms. The van der Waals surface area contributed by atoms with Gasteiger partial charge in [-0.1, -0.05) is 25.3 Å². The quantitative estimate of drug-likeness (QED) is 0.553. The van der Waals surface area contributed by atoms with Crippen molar-refractivity contribution in [2.24, 2.45) is 5.92 Å². The van der Waals surface area contributed by atoms with Gasteiger partial charge in [0.2, 0.25) is 0 Å². The SMILES string of the molecule is Cc1c(C(=O)N2C[C@H]3C[C@H](C2)c2cccc(=O)n2C3)sc2ncnc(N3CCCCCCC3)c12. The normalized spacial score (nSPS) is 22.9. The molecule has 0 aromatic carbocycles. The first-order valence-electron chi connectivity index (χ1n) is 12.6. The first-order chi connectivity index (χ1) is 16.6. The van der Waals surface area contributed by atoms with Gasteiger partial charge in [-0.05, 0) is 43.7 Å². The van der Waals surface area contributed by atoms with Crippen LogP contribution in [0.1, 0.15) is 65.4 Å². The molecule has 2 fully saturated rings. The summed E-state index contributed by atoms with van der Waals surface area (Å²) < 4.78 is 1.91. The van der Waals surface area contributed by atoms with Crippen LogP contribution in [-0.2, 0) is 6.54 Å². The molecule has 6 rings (SSSR count). The van der Waals surface area contributed by atoms with Crippen molar-refractivity contribution in [3.05, 3.63) is 51.0 Å². The van der Waals surface area contributed by atoms with E-state index in [9.17, 15) is 9.59 Å². The van der Waals surface area contributed by atoms with Crippen molar-refractivity contribution in [1.82, 2.24) is 19.4 Å². The standard InChI is InChI=1S/C26H31N5O2S/c1-17-22-24(29-10-5-3-2-4-6-11-29)27-16-28-25(22)34-23(17)26(33)30-13-18-12-19(15-30)20-8-7-9-21(32)31(20)14-18/h7-9,16,18-19H,2-6,10-15H2,1H3/t18-,19-/m1/s1. The summed E-state index contributed by atoms with van der Waals surface area (Å²) in [5.74, 6) is 1.63. The van der Waals surface area contributed by atoms with Crippen LogP contribution in [0, 0.1) is 12.8 Å². The number of thiophene rings is 1. The van der Waals surface area contributed by atoms with Gasteiger partial charge in [0.25, 0.3) is 11.5 Å². The van der Waals surface area contributed by atoms with Crippen LogP contribution in [0.4, 0.5) is 5.82 Å². The molecule has 6 heterocycles. The summed E-state index contributed by atoms with van der Waals surface area (Å²) in [5.41, 5.74) is 2.15. The number of piperidine rings is 1. The molecule has 0 radical (unpaired) electrons. The molecule has 2 atom stereocenters. The number of aromatic nitrogens is 3. The van der Waals surface area contributed by atoms with Crippen molar-refractivity contribution < 1.29 is 4.79 Å². The van der Waals surface area contributed by atoms with E-state index < -0.39 is 0 Å². The third-order valence-corrected chi connectivity index (χ3v) is 9.01. The lowest BCUT2D eigenvalue weighted by Gasteiger charge is -2.42. The van der Waals surface area contributed by atoms with E-state index in [1.165, 1.54) is 43.4 Å². The Morgan fingerprint density at radius 2 is 1.82 bits per heavy atom. The summed E-state index contributed by atoms with van der Waals surface area (Å²) in [5, 5.41) is 1.05. The Morgan fingerprint density at radius 1 is 1.03 bits per heavy atom. The topological polar surface area (TPSA) is 71.3 Å². The van der Waals surface area contributed by atoms with Gasteiger partial charge in [-0.25, -0.2) is 9.97 Å². The van der Waals surface area contributed by atoms with E-state index in [0.717, 1.165) is 51.7 Å². The molecule has 3 aromatic rings. The van der Waals surface area contributed by atoms with Crippen molar-refractivity contribution in [2.75, 3.05) is 31.1 Å². The fraction of sp³-hybridized carbons (Fsp3) is 0.538. The predicted octanol–water partition coefficient (Wildman–Crippen LogP) is 4.19. The van der Waals surface area contributed by atoms with Gasteiger partial charge in [-0.3, -0.25) is 9.59 Å². The number of amides is 1. The van der Waals surface area contributed by atoms with Crippen LogP contribution in [0.2, 0.25) is 0 Å². The lowest BCUT2D eigenvalue weighted by Crippen LogP contribution is -2.49. The maximum absolute atomic E-state index is 13.8. The van der Waals surface area contributed by atoms with Gasteiger partial charge in [0, 0.05) is 50.4 Å². The fourth-order valence-corrected chi connectivity index (χ4v) is 7.27. The molecule has 2 bridgehead atoms. The minimum Gasteiger partial charge on any atom is -0.356 e. The Balaban J connectivity index is 1.31. The summed E-state index contributed by atoms with van der Waals surface area (Å²) in [6, 6.07) is 5.53. The molecule has 2 saturated heterocycles. The summed E-state index contributed by atoms with van der Waals surface area (Å²) in [6.07, 6.45) is 8.92. The molecule has 0 N–H and O–H groups in total. The van der Waals surface area contributed by atoms with Crippen LogP contribution >= 0.6 is 11.3 Å². The molecule has 3 aliphatic heterocycles. The monoisotopic (exact) mass is 477 g/mol. The molecule has 0 saturated carbocycles. The van der Waals surface area contributed by atoms with Gasteiger partial charge in [0.15, 0.2) is 0 Å². The first kappa shape index (κ1) is 21.8. The molecule has 8 heteroatoms. The Hall–Kier alpha value is -2.74. The highest BCUT2D eigenvalue weighted by atomic mass is 32.1. The third kappa shape index (κ3) is 3.72. The highest BCUT2D eigenvalue weighted by molar-refractivity contribution is 7.20. The molecule has 0 aliphatic carbocycles. The zero-order valence-electron chi connectivity index (χ0n) is 19.7. The third-order valence-electron chi connectivity index (χ3n) is 7.82. The number of aryl methyl sites for hydroxylation is 1. The van der Waals surface area contributed by atoms with Crippen molar-refractivity contribution >= 4 is 33.3 Å². The zero-order chi connectivity index (χ0) is 23.2. The largest absolute Gasteiger partial charge is 0.356 e. The van der Waals surface area contributed by atoms with E-state index in [1.807, 2.05) is 21.6 Å². The number of hydrogen-bond acceptors (Lipinski definition) is 6. The maximum atomic E-state index is 13.8. The van der Waals surface area contributed by atoms with Crippen LogP contribution < -0.4 is 10.5 Å². The molecule has 178 valence electrons. The van der Waals surface area contributed by atoms with Crippen molar-refractivity contribution in [3.8, 4) is 0 Å². The number of anilines is 1. The van der Waals surface area contributed by atoms with E-state index in [-0.39, 0.29) is 17.4 Å². The Labute approximate surface area is 203 Å². The van der Waals surface area contributed by atoms with E-state index in [4.69, 9.17) is 4.98 Å². The highest BCUT2D eigenvalue weighted by Gasteiger charge is 2.37. The van der Waals surface area contributed by atoms with Crippen LogP contribution in [0.5, 0.6) is 0 Å². The van der Waals surface area contributed by atoms with E-state index in [2.05, 4.69) is 16.8 Å². The molecule has 3 aliphatic rings. The van der Waals surface area contributed by atoms with Crippen LogP contribution in [-0.4, -0.2) is 51.5 Å². The number of hydrogen-bond donors (Lipinski definition) is 0. The lowest BCUT2D eigenvalue weighted by molar-refractivity contribution is 0.0599. The van der Waals surface area contributed by atoms with E-state index >= 15 is 0 Å². The molecule has 0 unspecified atom stereocenters. The average Bonchev–Trinajstić information content (AvgIpc) is 3.16. The summed E-state index contributed by atoms with van der Waals surface area (Å²) in [6.45, 7) is 6.15. The minimum absolute atomic E-state index is 0.0719. The summed E-state index contributed by atoms with van der Waals surface area (Å²) in [4.78, 5) is 41.5. The van der Waals surface area contributed by atoms with Crippen molar-refractivity contribution in [3.63, 3.8) is 0 Å². The average molecular weight is 478 g/mol.